The summed E-state index contributed by atoms with van der Waals surface area (Å²) in [4.78, 5) is 7.87. The lowest BCUT2D eigenvalue weighted by Gasteiger charge is -1.93. The van der Waals surface area contributed by atoms with E-state index < -0.39 is 0 Å². The van der Waals surface area contributed by atoms with Crippen molar-refractivity contribution in [1.29, 1.82) is 0 Å². The standard InChI is InChI=1S/C7H5Cl2N3/c1-12-3-5(8)4-2-10-7(9)11-6(4)12/h2-3H,1H3. The summed E-state index contributed by atoms with van der Waals surface area (Å²) in [6.07, 6.45) is 3.39. The summed E-state index contributed by atoms with van der Waals surface area (Å²) < 4.78 is 1.81. The fraction of sp³-hybridized carbons (Fsp3) is 0.143. The van der Waals surface area contributed by atoms with Crippen LogP contribution in [0, 0.1) is 0 Å². The summed E-state index contributed by atoms with van der Waals surface area (Å²) in [6, 6.07) is 0. The number of halogens is 2. The van der Waals surface area contributed by atoms with Crippen LogP contribution in [0.25, 0.3) is 11.0 Å². The minimum absolute atomic E-state index is 0.236. The molecule has 0 fully saturated rings. The van der Waals surface area contributed by atoms with Crippen LogP contribution in [-0.4, -0.2) is 14.5 Å². The van der Waals surface area contributed by atoms with Crippen LogP contribution in [0.4, 0.5) is 0 Å². The van der Waals surface area contributed by atoms with Crippen molar-refractivity contribution in [2.24, 2.45) is 7.05 Å². The van der Waals surface area contributed by atoms with Gasteiger partial charge < -0.3 is 4.57 Å². The summed E-state index contributed by atoms with van der Waals surface area (Å²) in [5.74, 6) is 0. The van der Waals surface area contributed by atoms with Crippen molar-refractivity contribution in [3.05, 3.63) is 22.7 Å². The highest BCUT2D eigenvalue weighted by Gasteiger charge is 2.06. The highest BCUT2D eigenvalue weighted by atomic mass is 35.5. The number of aromatic nitrogens is 3. The molecule has 5 heteroatoms. The van der Waals surface area contributed by atoms with Crippen molar-refractivity contribution in [1.82, 2.24) is 14.5 Å². The quantitative estimate of drug-likeness (QED) is 0.613. The normalized spacial score (nSPS) is 10.9. The monoisotopic (exact) mass is 201 g/mol. The second-order valence-electron chi connectivity index (χ2n) is 2.46. The van der Waals surface area contributed by atoms with Crippen LogP contribution in [0.3, 0.4) is 0 Å². The fourth-order valence-electron chi connectivity index (χ4n) is 1.09. The Bertz CT molecular complexity index is 435. The molecule has 0 saturated carbocycles. The Labute approximate surface area is 78.9 Å². The molecule has 0 aromatic carbocycles. The Morgan fingerprint density at radius 2 is 2.17 bits per heavy atom. The number of hydrogen-bond donors (Lipinski definition) is 0. The molecule has 0 bridgehead atoms. The van der Waals surface area contributed by atoms with Crippen LogP contribution < -0.4 is 0 Å². The molecule has 0 N–H and O–H groups in total. The molecular weight excluding hydrogens is 197 g/mol. The molecule has 0 amide bonds. The Balaban J connectivity index is 2.90. The zero-order chi connectivity index (χ0) is 8.72. The van der Waals surface area contributed by atoms with E-state index in [1.54, 1.807) is 12.4 Å². The first kappa shape index (κ1) is 7.83. The highest BCUT2D eigenvalue weighted by Crippen LogP contribution is 2.23. The summed E-state index contributed by atoms with van der Waals surface area (Å²) in [5, 5.41) is 1.70. The maximum atomic E-state index is 5.89. The summed E-state index contributed by atoms with van der Waals surface area (Å²) in [6.45, 7) is 0. The van der Waals surface area contributed by atoms with Gasteiger partial charge >= 0.3 is 0 Å². The molecule has 0 aliphatic rings. The first-order chi connectivity index (χ1) is 5.68. The van der Waals surface area contributed by atoms with Gasteiger partial charge in [-0.15, -0.1) is 0 Å². The van der Waals surface area contributed by atoms with Crippen LogP contribution in [0.1, 0.15) is 0 Å². The largest absolute Gasteiger partial charge is 0.334 e. The molecular formula is C7H5Cl2N3. The maximum Gasteiger partial charge on any atom is 0.224 e. The molecule has 0 aliphatic carbocycles. The van der Waals surface area contributed by atoms with E-state index in [2.05, 4.69) is 9.97 Å². The van der Waals surface area contributed by atoms with Gasteiger partial charge in [-0.25, -0.2) is 4.98 Å². The van der Waals surface area contributed by atoms with Crippen molar-refractivity contribution in [3.63, 3.8) is 0 Å². The van der Waals surface area contributed by atoms with Gasteiger partial charge in [0.15, 0.2) is 0 Å². The van der Waals surface area contributed by atoms with Gasteiger partial charge in [0.05, 0.1) is 10.4 Å². The Morgan fingerprint density at radius 1 is 1.42 bits per heavy atom. The zero-order valence-corrected chi connectivity index (χ0v) is 7.76. The molecule has 2 aromatic heterocycles. The van der Waals surface area contributed by atoms with Crippen LogP contribution in [-0.2, 0) is 7.05 Å². The summed E-state index contributed by atoms with van der Waals surface area (Å²) in [7, 11) is 1.86. The lowest BCUT2D eigenvalue weighted by molar-refractivity contribution is 0.944. The second-order valence-corrected chi connectivity index (χ2v) is 3.21. The molecule has 2 aromatic rings. The zero-order valence-electron chi connectivity index (χ0n) is 6.25. The average molecular weight is 202 g/mol. The van der Waals surface area contributed by atoms with Crippen molar-refractivity contribution in [3.8, 4) is 0 Å². The van der Waals surface area contributed by atoms with Crippen LogP contribution >= 0.6 is 23.2 Å². The second kappa shape index (κ2) is 2.61. The number of rotatable bonds is 0. The van der Waals surface area contributed by atoms with Gasteiger partial charge in [-0.3, -0.25) is 0 Å². The Hall–Kier alpha value is -0.800. The van der Waals surface area contributed by atoms with Gasteiger partial charge in [-0.2, -0.15) is 4.98 Å². The SMILES string of the molecule is Cn1cc(Cl)c2cnc(Cl)nc21. The van der Waals surface area contributed by atoms with E-state index in [0.717, 1.165) is 11.0 Å². The smallest absolute Gasteiger partial charge is 0.224 e. The van der Waals surface area contributed by atoms with Gasteiger partial charge in [0.2, 0.25) is 5.28 Å². The van der Waals surface area contributed by atoms with Gasteiger partial charge in [0.25, 0.3) is 0 Å². The van der Waals surface area contributed by atoms with E-state index in [0.29, 0.717) is 5.02 Å². The van der Waals surface area contributed by atoms with Gasteiger partial charge in [0, 0.05) is 19.4 Å². The predicted octanol–water partition coefficient (Wildman–Crippen LogP) is 2.28. The maximum absolute atomic E-state index is 5.89. The van der Waals surface area contributed by atoms with E-state index in [9.17, 15) is 0 Å². The van der Waals surface area contributed by atoms with Gasteiger partial charge in [-0.05, 0) is 11.6 Å². The molecule has 0 unspecified atom stereocenters. The molecule has 62 valence electrons. The molecule has 0 spiro atoms. The van der Waals surface area contributed by atoms with Crippen molar-refractivity contribution >= 4 is 34.2 Å². The molecule has 12 heavy (non-hydrogen) atoms. The van der Waals surface area contributed by atoms with Crippen LogP contribution in [0.5, 0.6) is 0 Å². The lowest BCUT2D eigenvalue weighted by Crippen LogP contribution is -1.88. The summed E-state index contributed by atoms with van der Waals surface area (Å²) >= 11 is 11.5. The third-order valence-electron chi connectivity index (χ3n) is 1.64. The van der Waals surface area contributed by atoms with Crippen LogP contribution in [0.15, 0.2) is 12.4 Å². The minimum Gasteiger partial charge on any atom is -0.334 e. The summed E-state index contributed by atoms with van der Waals surface area (Å²) in [5.41, 5.74) is 0.750. The number of aryl methyl sites for hydroxylation is 1. The van der Waals surface area contributed by atoms with E-state index in [4.69, 9.17) is 23.2 Å². The van der Waals surface area contributed by atoms with E-state index in [-0.39, 0.29) is 5.28 Å². The van der Waals surface area contributed by atoms with Crippen LogP contribution in [0.2, 0.25) is 10.3 Å². The molecule has 0 aliphatic heterocycles. The van der Waals surface area contributed by atoms with Gasteiger partial charge in [0.1, 0.15) is 5.65 Å². The fourth-order valence-corrected chi connectivity index (χ4v) is 1.50. The Kier molecular flexibility index (Phi) is 1.70. The molecule has 0 atom stereocenters. The molecule has 3 nitrogen and oxygen atoms in total. The topological polar surface area (TPSA) is 30.7 Å². The number of fused-ring (bicyclic) bond motifs is 1. The number of nitrogens with zero attached hydrogens (tertiary/aromatic N) is 3. The molecule has 0 radical (unpaired) electrons. The molecule has 2 heterocycles. The lowest BCUT2D eigenvalue weighted by atomic mass is 10.4. The van der Waals surface area contributed by atoms with E-state index in [1.165, 1.54) is 0 Å². The third-order valence-corrected chi connectivity index (χ3v) is 2.12. The first-order valence-electron chi connectivity index (χ1n) is 3.31. The molecule has 0 saturated heterocycles. The predicted molar refractivity (Wildman–Crippen MR) is 48.5 cm³/mol. The Morgan fingerprint density at radius 3 is 2.92 bits per heavy atom. The first-order valence-corrected chi connectivity index (χ1v) is 4.07. The van der Waals surface area contributed by atoms with E-state index >= 15 is 0 Å². The van der Waals surface area contributed by atoms with E-state index in [1.807, 2.05) is 11.6 Å². The average Bonchev–Trinajstić information content (AvgIpc) is 2.28. The molecule has 2 rings (SSSR count). The van der Waals surface area contributed by atoms with Crippen molar-refractivity contribution < 1.29 is 0 Å². The highest BCUT2D eigenvalue weighted by molar-refractivity contribution is 6.35. The third kappa shape index (κ3) is 1.06. The van der Waals surface area contributed by atoms with Gasteiger partial charge in [-0.1, -0.05) is 11.6 Å². The van der Waals surface area contributed by atoms with Crippen molar-refractivity contribution in [2.75, 3.05) is 0 Å². The van der Waals surface area contributed by atoms with Crippen molar-refractivity contribution in [2.45, 2.75) is 0 Å². The number of hydrogen-bond acceptors (Lipinski definition) is 2. The minimum atomic E-state index is 0.236.